The van der Waals surface area contributed by atoms with E-state index in [0.717, 1.165) is 0 Å². The van der Waals surface area contributed by atoms with Crippen LogP contribution >= 0.6 is 45.2 Å². The van der Waals surface area contributed by atoms with Gasteiger partial charge in [0.2, 0.25) is 0 Å². The average Bonchev–Trinajstić information content (AvgIpc) is 2.83. The summed E-state index contributed by atoms with van der Waals surface area (Å²) in [6, 6.07) is 26.6. The molecule has 0 saturated heterocycles. The molecule has 5 rings (SSSR count). The van der Waals surface area contributed by atoms with E-state index in [0.29, 0.717) is 0 Å². The summed E-state index contributed by atoms with van der Waals surface area (Å²) in [7, 11) is 0. The van der Waals surface area contributed by atoms with Gasteiger partial charge in [-0.1, -0.05) is 118 Å². The van der Waals surface area contributed by atoms with Crippen molar-refractivity contribution < 1.29 is 0 Å². The van der Waals surface area contributed by atoms with Crippen molar-refractivity contribution in [2.75, 3.05) is 0 Å². The number of hydrogen-bond acceptors (Lipinski definition) is 0. The first kappa shape index (κ1) is 14.2. The lowest BCUT2D eigenvalue weighted by molar-refractivity contribution is 1.27. The van der Waals surface area contributed by atoms with E-state index < -0.39 is 0 Å². The monoisotopic (exact) mass is 518 g/mol. The first-order chi connectivity index (χ1) is 11.2. The van der Waals surface area contributed by atoms with E-state index in [-0.39, 0.29) is 1.43 Å². The Morgan fingerprint density at radius 1 is 0.522 bits per heavy atom. The maximum absolute atomic E-state index is 2.63. The summed E-state index contributed by atoms with van der Waals surface area (Å²) < 4.78 is -0.0398. The second-order valence-corrected chi connectivity index (χ2v) is 11.3. The summed E-state index contributed by atoms with van der Waals surface area (Å²) >= 11 is 5.26. The Bertz CT molecular complexity index is 1010. The molecule has 23 heavy (non-hydrogen) atoms. The molecule has 0 heterocycles. The summed E-state index contributed by atoms with van der Waals surface area (Å²) in [6.45, 7) is 0. The SMILES string of the molecule is IC1(I)c2c(ccc3ccccc23)-c2ccc3ccccc3c21. The molecule has 0 atom stereocenters. The van der Waals surface area contributed by atoms with Crippen LogP contribution in [0.2, 0.25) is 0 Å². The zero-order chi connectivity index (χ0) is 15.6. The van der Waals surface area contributed by atoms with Crippen molar-refractivity contribution in [3.63, 3.8) is 0 Å². The number of rotatable bonds is 0. The van der Waals surface area contributed by atoms with E-state index in [4.69, 9.17) is 0 Å². The number of halogens is 2. The molecule has 2 heteroatoms. The van der Waals surface area contributed by atoms with Crippen LogP contribution in [0.15, 0.2) is 72.8 Å². The van der Waals surface area contributed by atoms with Crippen LogP contribution in [0.5, 0.6) is 0 Å². The van der Waals surface area contributed by atoms with Gasteiger partial charge in [-0.2, -0.15) is 0 Å². The standard InChI is InChI=1S/C21H12I2/c22-21(23)19-15-7-3-1-5-13(15)9-11-17(19)18-12-10-14-6-2-4-8-16(14)20(18)21/h1-12H. The van der Waals surface area contributed by atoms with Crippen LogP contribution < -0.4 is 0 Å². The predicted octanol–water partition coefficient (Wildman–Crippen LogP) is 7.04. The van der Waals surface area contributed by atoms with Gasteiger partial charge in [0.05, 0.1) is 0 Å². The summed E-state index contributed by atoms with van der Waals surface area (Å²) in [5, 5.41) is 5.38. The van der Waals surface area contributed by atoms with Crippen molar-refractivity contribution in [3.05, 3.63) is 83.9 Å². The van der Waals surface area contributed by atoms with Crippen LogP contribution in [0, 0.1) is 0 Å². The third-order valence-electron chi connectivity index (χ3n) is 4.78. The second-order valence-electron chi connectivity index (χ2n) is 5.99. The Kier molecular flexibility index (Phi) is 3.05. The van der Waals surface area contributed by atoms with Gasteiger partial charge in [-0.05, 0) is 43.8 Å². The van der Waals surface area contributed by atoms with Gasteiger partial charge in [0.25, 0.3) is 0 Å². The normalized spacial score (nSPS) is 14.9. The molecule has 1 aliphatic carbocycles. The Morgan fingerprint density at radius 3 is 1.43 bits per heavy atom. The summed E-state index contributed by atoms with van der Waals surface area (Å²) in [4.78, 5) is 0. The topological polar surface area (TPSA) is 0 Å². The van der Waals surface area contributed by atoms with E-state index in [2.05, 4.69) is 118 Å². The fourth-order valence-electron chi connectivity index (χ4n) is 3.79. The molecule has 0 fully saturated rings. The van der Waals surface area contributed by atoms with Crippen LogP contribution in [0.25, 0.3) is 32.7 Å². The van der Waals surface area contributed by atoms with Crippen molar-refractivity contribution in [1.82, 2.24) is 0 Å². The maximum atomic E-state index is 2.63. The second kappa shape index (κ2) is 4.93. The minimum Gasteiger partial charge on any atom is -0.0616 e. The third kappa shape index (κ3) is 1.88. The number of hydrogen-bond donors (Lipinski definition) is 0. The molecular weight excluding hydrogens is 506 g/mol. The smallest absolute Gasteiger partial charge is 0.0616 e. The number of fused-ring (bicyclic) bond motifs is 7. The lowest BCUT2D eigenvalue weighted by Crippen LogP contribution is -2.07. The molecule has 0 amide bonds. The van der Waals surface area contributed by atoms with Gasteiger partial charge in [-0.15, -0.1) is 0 Å². The van der Waals surface area contributed by atoms with Crippen LogP contribution in [-0.2, 0) is 1.43 Å². The van der Waals surface area contributed by atoms with Gasteiger partial charge < -0.3 is 0 Å². The highest BCUT2D eigenvalue weighted by Crippen LogP contribution is 2.60. The first-order valence-corrected chi connectivity index (χ1v) is 9.76. The van der Waals surface area contributed by atoms with Gasteiger partial charge in [-0.25, -0.2) is 0 Å². The third-order valence-corrected chi connectivity index (χ3v) is 6.93. The Hall–Kier alpha value is -1.14. The quantitative estimate of drug-likeness (QED) is 0.173. The average molecular weight is 518 g/mol. The fourth-order valence-corrected chi connectivity index (χ4v) is 6.12. The molecule has 0 unspecified atom stereocenters. The minimum atomic E-state index is -0.0398. The molecule has 4 aromatic rings. The van der Waals surface area contributed by atoms with Gasteiger partial charge in [0, 0.05) is 0 Å². The lowest BCUT2D eigenvalue weighted by atomic mass is 9.99. The molecular formula is C21H12I2. The molecule has 110 valence electrons. The molecule has 0 aliphatic heterocycles. The van der Waals surface area contributed by atoms with Crippen molar-refractivity contribution in [2.24, 2.45) is 0 Å². The van der Waals surface area contributed by atoms with E-state index in [1.165, 1.54) is 43.8 Å². The Morgan fingerprint density at radius 2 is 0.957 bits per heavy atom. The largest absolute Gasteiger partial charge is 0.125 e. The van der Waals surface area contributed by atoms with Gasteiger partial charge in [-0.3, -0.25) is 0 Å². The van der Waals surface area contributed by atoms with Gasteiger partial charge in [0.1, 0.15) is 1.43 Å². The van der Waals surface area contributed by atoms with Crippen molar-refractivity contribution in [3.8, 4) is 11.1 Å². The summed E-state index contributed by atoms with van der Waals surface area (Å²) in [5.41, 5.74) is 5.66. The Labute approximate surface area is 162 Å². The van der Waals surface area contributed by atoms with Crippen LogP contribution in [0.4, 0.5) is 0 Å². The lowest BCUT2D eigenvalue weighted by Gasteiger charge is -2.20. The number of benzene rings is 4. The highest BCUT2D eigenvalue weighted by Gasteiger charge is 2.41. The van der Waals surface area contributed by atoms with Crippen molar-refractivity contribution >= 4 is 66.7 Å². The van der Waals surface area contributed by atoms with E-state index >= 15 is 0 Å². The molecule has 0 N–H and O–H groups in total. The highest BCUT2D eigenvalue weighted by molar-refractivity contribution is 14.2. The summed E-state index contributed by atoms with van der Waals surface area (Å²) in [5.74, 6) is 0. The zero-order valence-corrected chi connectivity index (χ0v) is 16.5. The van der Waals surface area contributed by atoms with Gasteiger partial charge in [0.15, 0.2) is 0 Å². The molecule has 0 nitrogen and oxygen atoms in total. The fraction of sp³-hybridized carbons (Fsp3) is 0.0476. The first-order valence-electron chi connectivity index (χ1n) is 7.60. The number of alkyl halides is 2. The van der Waals surface area contributed by atoms with Gasteiger partial charge >= 0.3 is 0 Å². The molecule has 0 bridgehead atoms. The zero-order valence-electron chi connectivity index (χ0n) is 12.2. The van der Waals surface area contributed by atoms with Crippen LogP contribution in [0.1, 0.15) is 11.1 Å². The van der Waals surface area contributed by atoms with Crippen molar-refractivity contribution in [2.45, 2.75) is 1.43 Å². The van der Waals surface area contributed by atoms with E-state index in [1.54, 1.807) is 0 Å². The molecule has 0 spiro atoms. The minimum absolute atomic E-state index is 0.0398. The summed E-state index contributed by atoms with van der Waals surface area (Å²) in [6.07, 6.45) is 0. The van der Waals surface area contributed by atoms with Crippen molar-refractivity contribution in [1.29, 1.82) is 0 Å². The molecule has 0 saturated carbocycles. The van der Waals surface area contributed by atoms with E-state index in [9.17, 15) is 0 Å². The molecule has 0 aromatic heterocycles. The molecule has 0 radical (unpaired) electrons. The molecule has 4 aromatic carbocycles. The van der Waals surface area contributed by atoms with Crippen LogP contribution in [-0.4, -0.2) is 0 Å². The maximum Gasteiger partial charge on any atom is 0.125 e. The van der Waals surface area contributed by atoms with Crippen LogP contribution in [0.3, 0.4) is 0 Å². The highest BCUT2D eigenvalue weighted by atomic mass is 127. The predicted molar refractivity (Wildman–Crippen MR) is 116 cm³/mol. The molecule has 1 aliphatic rings. The van der Waals surface area contributed by atoms with E-state index in [1.807, 2.05) is 0 Å². The Balaban J connectivity index is 1.99.